The molecule has 5 nitrogen and oxygen atoms in total. The molecule has 2 aromatic rings. The van der Waals surface area contributed by atoms with E-state index in [2.05, 4.69) is 0 Å². The van der Waals surface area contributed by atoms with Crippen molar-refractivity contribution in [2.24, 2.45) is 5.92 Å². The normalized spacial score (nSPS) is 16.0. The molecule has 5 heteroatoms. The number of carbonyl (C=O) groups excluding carboxylic acids is 1. The first kappa shape index (κ1) is 19.6. The molecular weight excluding hydrogens is 338 g/mol. The van der Waals surface area contributed by atoms with Gasteiger partial charge in [0.05, 0.1) is 16.9 Å². The lowest BCUT2D eigenvalue weighted by Crippen LogP contribution is -2.35. The first-order valence-corrected chi connectivity index (χ1v) is 10.3. The van der Waals surface area contributed by atoms with E-state index >= 15 is 0 Å². The van der Waals surface area contributed by atoms with Crippen LogP contribution in [-0.2, 0) is 11.3 Å². The Kier molecular flexibility index (Phi) is 6.30. The number of aromatic nitrogens is 2. The van der Waals surface area contributed by atoms with Crippen LogP contribution in [0, 0.1) is 5.92 Å². The number of hydrogen-bond donors (Lipinski definition) is 0. The van der Waals surface area contributed by atoms with E-state index in [1.54, 1.807) is 9.47 Å². The molecule has 1 aromatic carbocycles. The highest BCUT2D eigenvalue weighted by atomic mass is 16.2. The molecular formula is C22H31N3O2. The predicted octanol–water partition coefficient (Wildman–Crippen LogP) is 4.30. The smallest absolute Gasteiger partial charge is 0.261 e. The van der Waals surface area contributed by atoms with E-state index in [4.69, 9.17) is 4.98 Å². The average Bonchev–Trinajstić information content (AvgIpc) is 3.20. The quantitative estimate of drug-likeness (QED) is 0.731. The standard InChI is InChI=1S/C22H31N3O2/c1-4-15-25-21(23-19-12-8-7-11-18(19)22(25)27)16(2)24(3)20(26)14-13-17-9-5-6-10-17/h7-8,11-12,16-17H,4-6,9-10,13-15H2,1-3H3. The largest absolute Gasteiger partial charge is 0.336 e. The lowest BCUT2D eigenvalue weighted by molar-refractivity contribution is -0.132. The Morgan fingerprint density at radius 2 is 2.00 bits per heavy atom. The minimum Gasteiger partial charge on any atom is -0.336 e. The summed E-state index contributed by atoms with van der Waals surface area (Å²) < 4.78 is 1.74. The molecule has 0 radical (unpaired) electrons. The van der Waals surface area contributed by atoms with Gasteiger partial charge in [-0.3, -0.25) is 14.2 Å². The van der Waals surface area contributed by atoms with Gasteiger partial charge in [0.1, 0.15) is 5.82 Å². The van der Waals surface area contributed by atoms with E-state index in [0.717, 1.165) is 12.8 Å². The first-order chi connectivity index (χ1) is 13.0. The molecule has 0 aliphatic heterocycles. The Labute approximate surface area is 161 Å². The highest BCUT2D eigenvalue weighted by molar-refractivity contribution is 5.78. The summed E-state index contributed by atoms with van der Waals surface area (Å²) in [6, 6.07) is 7.21. The maximum Gasteiger partial charge on any atom is 0.261 e. The lowest BCUT2D eigenvalue weighted by atomic mass is 10.0. The highest BCUT2D eigenvalue weighted by Gasteiger charge is 2.24. The fourth-order valence-corrected chi connectivity index (χ4v) is 4.14. The van der Waals surface area contributed by atoms with Gasteiger partial charge in [0.15, 0.2) is 0 Å². The number of amides is 1. The average molecular weight is 370 g/mol. The summed E-state index contributed by atoms with van der Waals surface area (Å²) in [5.74, 6) is 1.52. The van der Waals surface area contributed by atoms with Gasteiger partial charge in [-0.25, -0.2) is 4.98 Å². The molecule has 0 N–H and O–H groups in total. The molecule has 146 valence electrons. The molecule has 1 amide bonds. The Bertz CT molecular complexity index is 852. The van der Waals surface area contributed by atoms with Gasteiger partial charge >= 0.3 is 0 Å². The monoisotopic (exact) mass is 369 g/mol. The minimum atomic E-state index is -0.232. The highest BCUT2D eigenvalue weighted by Crippen LogP contribution is 2.29. The third kappa shape index (κ3) is 4.23. The molecule has 1 aliphatic carbocycles. The molecule has 1 saturated carbocycles. The van der Waals surface area contributed by atoms with E-state index in [1.807, 2.05) is 45.2 Å². The maximum atomic E-state index is 13.0. The van der Waals surface area contributed by atoms with E-state index in [1.165, 1.54) is 25.7 Å². The Hall–Kier alpha value is -2.17. The minimum absolute atomic E-state index is 0.0175. The van der Waals surface area contributed by atoms with Crippen LogP contribution >= 0.6 is 0 Å². The number of benzene rings is 1. The van der Waals surface area contributed by atoms with Crippen molar-refractivity contribution in [2.75, 3.05) is 7.05 Å². The summed E-state index contributed by atoms with van der Waals surface area (Å²) in [6.07, 6.45) is 7.52. The summed E-state index contributed by atoms with van der Waals surface area (Å²) in [6.45, 7) is 4.63. The van der Waals surface area contributed by atoms with Gasteiger partial charge in [0, 0.05) is 20.0 Å². The molecule has 1 unspecified atom stereocenters. The van der Waals surface area contributed by atoms with Gasteiger partial charge in [-0.2, -0.15) is 0 Å². The summed E-state index contributed by atoms with van der Waals surface area (Å²) in [5, 5.41) is 0.636. The fraction of sp³-hybridized carbons (Fsp3) is 0.591. The zero-order valence-corrected chi connectivity index (χ0v) is 16.8. The molecule has 0 saturated heterocycles. The number of nitrogens with zero attached hydrogens (tertiary/aromatic N) is 3. The zero-order valence-electron chi connectivity index (χ0n) is 16.8. The van der Waals surface area contributed by atoms with Crippen LogP contribution < -0.4 is 5.56 Å². The summed E-state index contributed by atoms with van der Waals surface area (Å²) in [7, 11) is 1.83. The Morgan fingerprint density at radius 1 is 1.30 bits per heavy atom. The summed E-state index contributed by atoms with van der Waals surface area (Å²) in [5.41, 5.74) is 0.680. The van der Waals surface area contributed by atoms with E-state index in [9.17, 15) is 9.59 Å². The van der Waals surface area contributed by atoms with Crippen molar-refractivity contribution in [3.8, 4) is 0 Å². The van der Waals surface area contributed by atoms with Gasteiger partial charge in [0.25, 0.3) is 5.56 Å². The predicted molar refractivity (Wildman–Crippen MR) is 109 cm³/mol. The first-order valence-electron chi connectivity index (χ1n) is 10.3. The van der Waals surface area contributed by atoms with Crippen molar-refractivity contribution in [3.63, 3.8) is 0 Å². The van der Waals surface area contributed by atoms with Crippen molar-refractivity contribution >= 4 is 16.8 Å². The van der Waals surface area contributed by atoms with Crippen LogP contribution in [0.3, 0.4) is 0 Å². The van der Waals surface area contributed by atoms with Crippen molar-refractivity contribution in [3.05, 3.63) is 40.4 Å². The molecule has 1 atom stereocenters. The molecule has 1 fully saturated rings. The van der Waals surface area contributed by atoms with Crippen molar-refractivity contribution < 1.29 is 4.79 Å². The van der Waals surface area contributed by atoms with Crippen molar-refractivity contribution in [1.82, 2.24) is 14.5 Å². The third-order valence-electron chi connectivity index (χ3n) is 5.93. The van der Waals surface area contributed by atoms with Crippen LogP contribution in [0.15, 0.2) is 29.1 Å². The number of hydrogen-bond acceptors (Lipinski definition) is 3. The van der Waals surface area contributed by atoms with Crippen LogP contribution in [0.25, 0.3) is 10.9 Å². The Balaban J connectivity index is 1.84. The third-order valence-corrected chi connectivity index (χ3v) is 5.93. The Morgan fingerprint density at radius 3 is 2.70 bits per heavy atom. The zero-order chi connectivity index (χ0) is 19.4. The van der Waals surface area contributed by atoms with Gasteiger partial charge in [0.2, 0.25) is 5.91 Å². The second kappa shape index (κ2) is 8.68. The molecule has 27 heavy (non-hydrogen) atoms. The van der Waals surface area contributed by atoms with Gasteiger partial charge < -0.3 is 4.90 Å². The van der Waals surface area contributed by atoms with Crippen molar-refractivity contribution in [1.29, 1.82) is 0 Å². The second-order valence-electron chi connectivity index (χ2n) is 7.81. The fourth-order valence-electron chi connectivity index (χ4n) is 4.14. The van der Waals surface area contributed by atoms with E-state index in [-0.39, 0.29) is 17.5 Å². The molecule has 1 aromatic heterocycles. The number of para-hydroxylation sites is 1. The molecule has 1 aliphatic rings. The molecule has 0 bridgehead atoms. The molecule has 1 heterocycles. The number of fused-ring (bicyclic) bond motifs is 1. The topological polar surface area (TPSA) is 55.2 Å². The van der Waals surface area contributed by atoms with Crippen molar-refractivity contribution in [2.45, 2.75) is 71.4 Å². The van der Waals surface area contributed by atoms with Crippen LogP contribution in [0.4, 0.5) is 0 Å². The SMILES string of the molecule is CCCn1c(C(C)N(C)C(=O)CCC2CCCC2)nc2ccccc2c1=O. The lowest BCUT2D eigenvalue weighted by Gasteiger charge is -2.27. The van der Waals surface area contributed by atoms with Gasteiger partial charge in [-0.05, 0) is 37.8 Å². The van der Waals surface area contributed by atoms with Gasteiger partial charge in [-0.15, -0.1) is 0 Å². The molecule has 0 spiro atoms. The number of carbonyl (C=O) groups is 1. The maximum absolute atomic E-state index is 13.0. The second-order valence-corrected chi connectivity index (χ2v) is 7.81. The summed E-state index contributed by atoms with van der Waals surface area (Å²) in [4.78, 5) is 32.2. The van der Waals surface area contributed by atoms with Crippen LogP contribution in [0.1, 0.15) is 70.7 Å². The molecule has 3 rings (SSSR count). The van der Waals surface area contributed by atoms with Crippen LogP contribution in [-0.4, -0.2) is 27.4 Å². The number of rotatable bonds is 7. The van der Waals surface area contributed by atoms with E-state index in [0.29, 0.717) is 35.6 Å². The van der Waals surface area contributed by atoms with E-state index < -0.39 is 0 Å². The van der Waals surface area contributed by atoms with Crippen LogP contribution in [0.2, 0.25) is 0 Å². The van der Waals surface area contributed by atoms with Gasteiger partial charge in [-0.1, -0.05) is 44.7 Å². The van der Waals surface area contributed by atoms with Crippen LogP contribution in [0.5, 0.6) is 0 Å². The summed E-state index contributed by atoms with van der Waals surface area (Å²) >= 11 is 0.